The Morgan fingerprint density at radius 1 is 1.54 bits per heavy atom. The quantitative estimate of drug-likeness (QED) is 0.746. The highest BCUT2D eigenvalue weighted by Crippen LogP contribution is 2.21. The van der Waals surface area contributed by atoms with Gasteiger partial charge in [0.05, 0.1) is 0 Å². The SMILES string of the molecule is O=C(O)NCc1cc(Br)ccc1O. The molecule has 13 heavy (non-hydrogen) atoms. The van der Waals surface area contributed by atoms with Crippen LogP contribution < -0.4 is 5.32 Å². The molecular formula is C8H8BrNO3. The highest BCUT2D eigenvalue weighted by molar-refractivity contribution is 9.10. The molecule has 0 fully saturated rings. The summed E-state index contributed by atoms with van der Waals surface area (Å²) in [7, 11) is 0. The van der Waals surface area contributed by atoms with Gasteiger partial charge in [-0.3, -0.25) is 0 Å². The van der Waals surface area contributed by atoms with E-state index in [-0.39, 0.29) is 12.3 Å². The average Bonchev–Trinajstić information content (AvgIpc) is 2.06. The van der Waals surface area contributed by atoms with Crippen molar-refractivity contribution in [3.05, 3.63) is 28.2 Å². The number of phenols is 1. The number of phenolic OH excluding ortho intramolecular Hbond substituents is 1. The van der Waals surface area contributed by atoms with Crippen LogP contribution in [0.1, 0.15) is 5.56 Å². The van der Waals surface area contributed by atoms with Gasteiger partial charge in [-0.2, -0.15) is 0 Å². The van der Waals surface area contributed by atoms with Gasteiger partial charge in [-0.05, 0) is 18.2 Å². The van der Waals surface area contributed by atoms with Crippen molar-refractivity contribution < 1.29 is 15.0 Å². The fourth-order valence-electron chi connectivity index (χ4n) is 0.867. The lowest BCUT2D eigenvalue weighted by Gasteiger charge is -2.04. The number of benzene rings is 1. The largest absolute Gasteiger partial charge is 0.508 e. The molecule has 70 valence electrons. The molecule has 0 heterocycles. The lowest BCUT2D eigenvalue weighted by molar-refractivity contribution is 0.194. The number of halogens is 1. The molecule has 0 saturated carbocycles. The van der Waals surface area contributed by atoms with Gasteiger partial charge < -0.3 is 15.5 Å². The van der Waals surface area contributed by atoms with Crippen LogP contribution in [0.3, 0.4) is 0 Å². The Morgan fingerprint density at radius 3 is 2.85 bits per heavy atom. The number of aromatic hydroxyl groups is 1. The van der Waals surface area contributed by atoms with E-state index in [0.717, 1.165) is 4.47 Å². The van der Waals surface area contributed by atoms with Gasteiger partial charge in [-0.1, -0.05) is 15.9 Å². The van der Waals surface area contributed by atoms with Gasteiger partial charge in [-0.15, -0.1) is 0 Å². The Hall–Kier alpha value is -1.23. The molecule has 0 saturated heterocycles. The van der Waals surface area contributed by atoms with Crippen LogP contribution in [0.15, 0.2) is 22.7 Å². The molecule has 0 spiro atoms. The molecule has 0 radical (unpaired) electrons. The summed E-state index contributed by atoms with van der Waals surface area (Å²) in [5, 5.41) is 19.8. The van der Waals surface area contributed by atoms with Crippen molar-refractivity contribution in [1.29, 1.82) is 0 Å². The Kier molecular flexibility index (Phi) is 3.13. The Bertz CT molecular complexity index is 327. The number of nitrogens with one attached hydrogen (secondary N) is 1. The summed E-state index contributed by atoms with van der Waals surface area (Å²) in [4.78, 5) is 10.2. The molecule has 0 aromatic heterocycles. The molecule has 0 bridgehead atoms. The molecule has 1 amide bonds. The van der Waals surface area contributed by atoms with Crippen LogP contribution in [0.25, 0.3) is 0 Å². The number of carboxylic acid groups (broad SMARTS) is 1. The van der Waals surface area contributed by atoms with Crippen LogP contribution in [0.5, 0.6) is 5.75 Å². The smallest absolute Gasteiger partial charge is 0.404 e. The molecule has 0 aliphatic carbocycles. The lowest BCUT2D eigenvalue weighted by atomic mass is 10.2. The van der Waals surface area contributed by atoms with E-state index in [0.29, 0.717) is 5.56 Å². The topological polar surface area (TPSA) is 69.6 Å². The fourth-order valence-corrected chi connectivity index (χ4v) is 1.28. The zero-order valence-electron chi connectivity index (χ0n) is 6.62. The molecule has 1 rings (SSSR count). The third-order valence-electron chi connectivity index (χ3n) is 1.47. The molecule has 0 unspecified atom stereocenters. The fraction of sp³-hybridized carbons (Fsp3) is 0.125. The van der Waals surface area contributed by atoms with E-state index in [1.165, 1.54) is 6.07 Å². The summed E-state index contributed by atoms with van der Waals surface area (Å²) < 4.78 is 0.799. The highest BCUT2D eigenvalue weighted by atomic mass is 79.9. The van der Waals surface area contributed by atoms with Crippen molar-refractivity contribution in [2.75, 3.05) is 0 Å². The Balaban J connectivity index is 2.75. The third-order valence-corrected chi connectivity index (χ3v) is 1.96. The van der Waals surface area contributed by atoms with Crippen LogP contribution in [0.4, 0.5) is 4.79 Å². The maximum absolute atomic E-state index is 10.2. The van der Waals surface area contributed by atoms with Crippen LogP contribution in [0, 0.1) is 0 Å². The van der Waals surface area contributed by atoms with E-state index >= 15 is 0 Å². The first kappa shape index (κ1) is 9.85. The van der Waals surface area contributed by atoms with Gasteiger partial charge in [0, 0.05) is 16.6 Å². The molecule has 1 aromatic rings. The molecule has 0 aliphatic rings. The number of rotatable bonds is 2. The van der Waals surface area contributed by atoms with Crippen molar-refractivity contribution in [3.63, 3.8) is 0 Å². The molecule has 1 aromatic carbocycles. The predicted molar refractivity (Wildman–Crippen MR) is 50.7 cm³/mol. The maximum Gasteiger partial charge on any atom is 0.404 e. The average molecular weight is 246 g/mol. The van der Waals surface area contributed by atoms with Gasteiger partial charge in [0.15, 0.2) is 0 Å². The minimum atomic E-state index is -1.11. The van der Waals surface area contributed by atoms with Gasteiger partial charge in [0.25, 0.3) is 0 Å². The molecule has 3 N–H and O–H groups in total. The van der Waals surface area contributed by atoms with E-state index in [4.69, 9.17) is 5.11 Å². The van der Waals surface area contributed by atoms with E-state index in [1.807, 2.05) is 0 Å². The number of carbonyl (C=O) groups is 1. The Labute approximate surface area is 83.3 Å². The molecule has 4 nitrogen and oxygen atoms in total. The van der Waals surface area contributed by atoms with Crippen molar-refractivity contribution in [2.45, 2.75) is 6.54 Å². The van der Waals surface area contributed by atoms with Gasteiger partial charge in [0.1, 0.15) is 5.75 Å². The van der Waals surface area contributed by atoms with Crippen LogP contribution in [0.2, 0.25) is 0 Å². The summed E-state index contributed by atoms with van der Waals surface area (Å²) in [5.74, 6) is 0.0805. The molecular weight excluding hydrogens is 238 g/mol. The van der Waals surface area contributed by atoms with Crippen LogP contribution in [-0.2, 0) is 6.54 Å². The van der Waals surface area contributed by atoms with Crippen molar-refractivity contribution in [3.8, 4) is 5.75 Å². The van der Waals surface area contributed by atoms with Gasteiger partial charge in [0.2, 0.25) is 0 Å². The first-order valence-electron chi connectivity index (χ1n) is 3.54. The van der Waals surface area contributed by atoms with Gasteiger partial charge in [-0.25, -0.2) is 4.79 Å². The first-order chi connectivity index (χ1) is 6.09. The van der Waals surface area contributed by atoms with E-state index in [9.17, 15) is 9.90 Å². The zero-order valence-corrected chi connectivity index (χ0v) is 8.21. The van der Waals surface area contributed by atoms with E-state index in [2.05, 4.69) is 21.2 Å². The summed E-state index contributed by atoms with van der Waals surface area (Å²) in [6.45, 7) is 0.0978. The maximum atomic E-state index is 10.2. The standard InChI is InChI=1S/C8H8BrNO3/c9-6-1-2-7(11)5(3-6)4-10-8(12)13/h1-3,10-11H,4H2,(H,12,13). The molecule has 5 heteroatoms. The zero-order chi connectivity index (χ0) is 9.84. The summed E-state index contributed by atoms with van der Waals surface area (Å²) in [5.41, 5.74) is 0.539. The first-order valence-corrected chi connectivity index (χ1v) is 4.33. The third kappa shape index (κ3) is 2.95. The summed E-state index contributed by atoms with van der Waals surface area (Å²) >= 11 is 3.22. The molecule has 0 aliphatic heterocycles. The number of hydrogen-bond donors (Lipinski definition) is 3. The van der Waals surface area contributed by atoms with Crippen molar-refractivity contribution in [2.24, 2.45) is 0 Å². The van der Waals surface area contributed by atoms with Crippen molar-refractivity contribution >= 4 is 22.0 Å². The number of amides is 1. The van der Waals surface area contributed by atoms with Crippen LogP contribution >= 0.6 is 15.9 Å². The number of hydrogen-bond acceptors (Lipinski definition) is 2. The van der Waals surface area contributed by atoms with Crippen molar-refractivity contribution in [1.82, 2.24) is 5.32 Å². The second-order valence-corrected chi connectivity index (χ2v) is 3.35. The van der Waals surface area contributed by atoms with E-state index < -0.39 is 6.09 Å². The van der Waals surface area contributed by atoms with Gasteiger partial charge >= 0.3 is 6.09 Å². The molecule has 0 atom stereocenters. The second kappa shape index (κ2) is 4.13. The van der Waals surface area contributed by atoms with E-state index in [1.54, 1.807) is 12.1 Å². The minimum Gasteiger partial charge on any atom is -0.508 e. The minimum absolute atomic E-state index is 0.0805. The summed E-state index contributed by atoms with van der Waals surface area (Å²) in [6.07, 6.45) is -1.11. The van der Waals surface area contributed by atoms with Crippen LogP contribution in [-0.4, -0.2) is 16.3 Å². The monoisotopic (exact) mass is 245 g/mol. The lowest BCUT2D eigenvalue weighted by Crippen LogP contribution is -2.19. The Morgan fingerprint density at radius 2 is 2.23 bits per heavy atom. The second-order valence-electron chi connectivity index (χ2n) is 2.43. The summed E-state index contributed by atoms with van der Waals surface area (Å²) in [6, 6.07) is 4.84. The predicted octanol–water partition coefficient (Wildman–Crippen LogP) is 1.92. The highest BCUT2D eigenvalue weighted by Gasteiger charge is 2.02. The normalized spacial score (nSPS) is 9.62.